The van der Waals surface area contributed by atoms with Crippen molar-refractivity contribution in [3.8, 4) is 0 Å². The predicted octanol–water partition coefficient (Wildman–Crippen LogP) is 6.41. The van der Waals surface area contributed by atoms with E-state index in [1.54, 1.807) is 29.2 Å². The molecule has 140 valence electrons. The fourth-order valence-corrected chi connectivity index (χ4v) is 4.29. The lowest BCUT2D eigenvalue weighted by Crippen LogP contribution is -2.30. The summed E-state index contributed by atoms with van der Waals surface area (Å²) in [6, 6.07) is 21.2. The molecule has 0 aliphatic rings. The first-order valence-corrected chi connectivity index (χ1v) is 10.2. The Morgan fingerprint density at radius 3 is 2.50 bits per heavy atom. The van der Waals surface area contributed by atoms with E-state index in [0.717, 1.165) is 15.8 Å². The quantitative estimate of drug-likeness (QED) is 0.392. The molecule has 1 heterocycles. The van der Waals surface area contributed by atoms with E-state index in [2.05, 4.69) is 26.0 Å². The highest BCUT2D eigenvalue weighted by Gasteiger charge is 2.22. The topological polar surface area (TPSA) is 33.2 Å². The maximum absolute atomic E-state index is 13.3. The van der Waals surface area contributed by atoms with Crippen LogP contribution in [0.3, 0.4) is 0 Å². The molecule has 0 aliphatic carbocycles. The van der Waals surface area contributed by atoms with Crippen LogP contribution in [0.5, 0.6) is 0 Å². The number of anilines is 1. The minimum absolute atomic E-state index is 0.112. The number of benzene rings is 3. The van der Waals surface area contributed by atoms with Crippen LogP contribution >= 0.6 is 22.9 Å². The normalized spacial score (nSPS) is 11.0. The number of thiazole rings is 1. The van der Waals surface area contributed by atoms with Gasteiger partial charge in [-0.3, -0.25) is 9.69 Å². The molecule has 4 aromatic rings. The van der Waals surface area contributed by atoms with Crippen LogP contribution in [0.2, 0.25) is 5.02 Å². The van der Waals surface area contributed by atoms with Gasteiger partial charge in [0, 0.05) is 10.6 Å². The van der Waals surface area contributed by atoms with Crippen molar-refractivity contribution < 1.29 is 4.79 Å². The van der Waals surface area contributed by atoms with Gasteiger partial charge in [-0.15, -0.1) is 0 Å². The van der Waals surface area contributed by atoms with Gasteiger partial charge in [-0.25, -0.2) is 4.98 Å². The number of carbonyl (C=O) groups is 1. The van der Waals surface area contributed by atoms with E-state index in [-0.39, 0.29) is 5.91 Å². The third-order valence-electron chi connectivity index (χ3n) is 4.72. The second kappa shape index (κ2) is 7.74. The summed E-state index contributed by atoms with van der Waals surface area (Å²) >= 11 is 7.65. The zero-order valence-electron chi connectivity index (χ0n) is 15.6. The Kier molecular flexibility index (Phi) is 5.16. The average molecular weight is 407 g/mol. The number of aromatic nitrogens is 1. The Balaban J connectivity index is 1.79. The molecule has 1 amide bonds. The van der Waals surface area contributed by atoms with Crippen molar-refractivity contribution in [3.05, 3.63) is 94.0 Å². The zero-order valence-corrected chi connectivity index (χ0v) is 17.2. The van der Waals surface area contributed by atoms with Crippen molar-refractivity contribution >= 4 is 44.2 Å². The van der Waals surface area contributed by atoms with Gasteiger partial charge >= 0.3 is 0 Å². The second-order valence-corrected chi connectivity index (χ2v) is 8.23. The summed E-state index contributed by atoms with van der Waals surface area (Å²) in [4.78, 5) is 19.8. The van der Waals surface area contributed by atoms with Gasteiger partial charge in [-0.2, -0.15) is 0 Å². The number of fused-ring (bicyclic) bond motifs is 1. The number of halogens is 1. The number of carbonyl (C=O) groups excluding carboxylic acids is 1. The maximum Gasteiger partial charge on any atom is 0.260 e. The number of hydrogen-bond acceptors (Lipinski definition) is 3. The first kappa shape index (κ1) is 18.7. The fraction of sp³-hybridized carbons (Fsp3) is 0.130. The minimum Gasteiger partial charge on any atom is -0.279 e. The summed E-state index contributed by atoms with van der Waals surface area (Å²) < 4.78 is 1.08. The minimum atomic E-state index is -0.112. The van der Waals surface area contributed by atoms with Crippen LogP contribution in [0.1, 0.15) is 27.0 Å². The summed E-state index contributed by atoms with van der Waals surface area (Å²) in [6.45, 7) is 4.61. The molecule has 0 saturated heterocycles. The van der Waals surface area contributed by atoms with Crippen molar-refractivity contribution in [1.82, 2.24) is 4.98 Å². The number of aryl methyl sites for hydroxylation is 2. The number of nitrogens with zero attached hydrogens (tertiary/aromatic N) is 2. The Morgan fingerprint density at radius 2 is 1.75 bits per heavy atom. The lowest BCUT2D eigenvalue weighted by molar-refractivity contribution is 0.0985. The van der Waals surface area contributed by atoms with Gasteiger partial charge in [0.1, 0.15) is 0 Å². The van der Waals surface area contributed by atoms with Gasteiger partial charge in [0.2, 0.25) is 0 Å². The predicted molar refractivity (Wildman–Crippen MR) is 118 cm³/mol. The van der Waals surface area contributed by atoms with E-state index in [1.807, 2.05) is 30.3 Å². The van der Waals surface area contributed by atoms with Gasteiger partial charge in [0.15, 0.2) is 5.13 Å². The van der Waals surface area contributed by atoms with Crippen molar-refractivity contribution in [2.45, 2.75) is 20.4 Å². The summed E-state index contributed by atoms with van der Waals surface area (Å²) in [6.07, 6.45) is 0. The van der Waals surface area contributed by atoms with Gasteiger partial charge in [-0.1, -0.05) is 59.3 Å². The summed E-state index contributed by atoms with van der Waals surface area (Å²) in [5.74, 6) is -0.112. The smallest absolute Gasteiger partial charge is 0.260 e. The highest BCUT2D eigenvalue weighted by Crippen LogP contribution is 2.32. The first-order chi connectivity index (χ1) is 13.5. The van der Waals surface area contributed by atoms with E-state index in [0.29, 0.717) is 22.3 Å². The molecule has 0 fully saturated rings. The van der Waals surface area contributed by atoms with Crippen molar-refractivity contribution in [1.29, 1.82) is 0 Å². The van der Waals surface area contributed by atoms with Gasteiger partial charge in [0.05, 0.1) is 16.8 Å². The third-order valence-corrected chi connectivity index (χ3v) is 6.00. The molecule has 4 rings (SSSR count). The first-order valence-electron chi connectivity index (χ1n) is 9.00. The largest absolute Gasteiger partial charge is 0.279 e. The van der Waals surface area contributed by atoms with Crippen LogP contribution in [-0.4, -0.2) is 10.9 Å². The molecular formula is C23H19ClN2OS. The number of hydrogen-bond donors (Lipinski definition) is 0. The molecular weight excluding hydrogens is 388 g/mol. The van der Waals surface area contributed by atoms with E-state index in [9.17, 15) is 4.79 Å². The van der Waals surface area contributed by atoms with Crippen LogP contribution in [0.4, 0.5) is 5.13 Å². The highest BCUT2D eigenvalue weighted by atomic mass is 35.5. The SMILES string of the molecule is Cc1cc2nc(N(Cc3ccccc3)C(=O)c3cccc(Cl)c3)sc2cc1C. The van der Waals surface area contributed by atoms with E-state index < -0.39 is 0 Å². The molecule has 0 radical (unpaired) electrons. The van der Waals surface area contributed by atoms with E-state index in [1.165, 1.54) is 22.5 Å². The van der Waals surface area contributed by atoms with Crippen LogP contribution in [0.15, 0.2) is 66.7 Å². The molecule has 0 spiro atoms. The Labute approximate surface area is 173 Å². The van der Waals surface area contributed by atoms with Gasteiger partial charge in [0.25, 0.3) is 5.91 Å². The van der Waals surface area contributed by atoms with Crippen LogP contribution in [0, 0.1) is 13.8 Å². The van der Waals surface area contributed by atoms with Crippen molar-refractivity contribution in [2.24, 2.45) is 0 Å². The molecule has 0 N–H and O–H groups in total. The number of rotatable bonds is 4. The molecule has 5 heteroatoms. The molecule has 0 saturated carbocycles. The molecule has 28 heavy (non-hydrogen) atoms. The Morgan fingerprint density at radius 1 is 1.00 bits per heavy atom. The third kappa shape index (κ3) is 3.79. The Bertz CT molecular complexity index is 1110. The van der Waals surface area contributed by atoms with Crippen LogP contribution < -0.4 is 4.90 Å². The van der Waals surface area contributed by atoms with Crippen LogP contribution in [-0.2, 0) is 6.54 Å². The monoisotopic (exact) mass is 406 g/mol. The summed E-state index contributed by atoms with van der Waals surface area (Å²) in [7, 11) is 0. The molecule has 0 atom stereocenters. The molecule has 1 aromatic heterocycles. The molecule has 0 aliphatic heterocycles. The highest BCUT2D eigenvalue weighted by molar-refractivity contribution is 7.22. The lowest BCUT2D eigenvalue weighted by atomic mass is 10.1. The number of amides is 1. The molecule has 3 nitrogen and oxygen atoms in total. The standard InChI is InChI=1S/C23H19ClN2OS/c1-15-11-20-21(12-16(15)2)28-23(25-20)26(14-17-7-4-3-5-8-17)22(27)18-9-6-10-19(24)13-18/h3-13H,14H2,1-2H3. The zero-order chi connectivity index (χ0) is 19.7. The summed E-state index contributed by atoms with van der Waals surface area (Å²) in [5.41, 5.74) is 4.93. The molecule has 0 unspecified atom stereocenters. The van der Waals surface area contributed by atoms with E-state index >= 15 is 0 Å². The Hall–Kier alpha value is -2.69. The second-order valence-electron chi connectivity index (χ2n) is 6.79. The fourth-order valence-electron chi connectivity index (χ4n) is 3.05. The molecule has 0 bridgehead atoms. The van der Waals surface area contributed by atoms with Gasteiger partial charge in [-0.05, 0) is 60.9 Å². The summed E-state index contributed by atoms with van der Waals surface area (Å²) in [5, 5.41) is 1.23. The average Bonchev–Trinajstić information content (AvgIpc) is 3.09. The molecule has 3 aromatic carbocycles. The van der Waals surface area contributed by atoms with E-state index in [4.69, 9.17) is 16.6 Å². The van der Waals surface area contributed by atoms with Crippen molar-refractivity contribution in [2.75, 3.05) is 4.90 Å². The van der Waals surface area contributed by atoms with Crippen molar-refractivity contribution in [3.63, 3.8) is 0 Å². The lowest BCUT2D eigenvalue weighted by Gasteiger charge is -2.20. The van der Waals surface area contributed by atoms with Crippen LogP contribution in [0.25, 0.3) is 10.2 Å². The van der Waals surface area contributed by atoms with Gasteiger partial charge < -0.3 is 0 Å². The maximum atomic E-state index is 13.3.